The van der Waals surface area contributed by atoms with E-state index in [-0.39, 0.29) is 0 Å². The van der Waals surface area contributed by atoms with Crippen molar-refractivity contribution in [2.45, 2.75) is 13.1 Å². The van der Waals surface area contributed by atoms with Gasteiger partial charge in [0.15, 0.2) is 0 Å². The van der Waals surface area contributed by atoms with Crippen molar-refractivity contribution in [1.29, 1.82) is 0 Å². The maximum absolute atomic E-state index is 3.65. The summed E-state index contributed by atoms with van der Waals surface area (Å²) in [6.07, 6.45) is 0. The lowest BCUT2D eigenvalue weighted by Gasteiger charge is -2.20. The summed E-state index contributed by atoms with van der Waals surface area (Å²) < 4.78 is 1.14. The molecule has 0 heterocycles. The number of benzene rings is 3. The van der Waals surface area contributed by atoms with Gasteiger partial charge in [-0.3, -0.25) is 4.90 Å². The highest BCUT2D eigenvalue weighted by Crippen LogP contribution is 2.18. The van der Waals surface area contributed by atoms with Crippen LogP contribution in [0, 0.1) is 11.8 Å². The molecule has 0 saturated heterocycles. The van der Waals surface area contributed by atoms with E-state index in [1.165, 1.54) is 11.1 Å². The minimum atomic E-state index is 0.727. The van der Waals surface area contributed by atoms with Gasteiger partial charge in [0, 0.05) is 23.1 Å². The van der Waals surface area contributed by atoms with Crippen molar-refractivity contribution in [2.75, 3.05) is 6.54 Å². The number of halogens is 1. The van der Waals surface area contributed by atoms with Crippen LogP contribution >= 0.6 is 15.9 Å². The van der Waals surface area contributed by atoms with Gasteiger partial charge in [-0.15, -0.1) is 0 Å². The van der Waals surface area contributed by atoms with Gasteiger partial charge in [0.1, 0.15) is 0 Å². The molecule has 0 aliphatic heterocycles. The summed E-state index contributed by atoms with van der Waals surface area (Å²) in [5.41, 5.74) is 3.64. The van der Waals surface area contributed by atoms with E-state index in [0.717, 1.165) is 29.7 Å². The predicted molar refractivity (Wildman–Crippen MR) is 108 cm³/mol. The van der Waals surface area contributed by atoms with Crippen molar-refractivity contribution in [3.63, 3.8) is 0 Å². The quantitative estimate of drug-likeness (QED) is 0.520. The summed E-state index contributed by atoms with van der Waals surface area (Å²) in [4.78, 5) is 2.37. The van der Waals surface area contributed by atoms with Crippen molar-refractivity contribution in [2.24, 2.45) is 0 Å². The van der Waals surface area contributed by atoms with E-state index >= 15 is 0 Å². The van der Waals surface area contributed by atoms with Crippen LogP contribution in [0.4, 0.5) is 0 Å². The van der Waals surface area contributed by atoms with E-state index in [1.54, 1.807) is 0 Å². The molecule has 25 heavy (non-hydrogen) atoms. The van der Waals surface area contributed by atoms with Gasteiger partial charge in [-0.25, -0.2) is 0 Å². The van der Waals surface area contributed by atoms with Gasteiger partial charge in [-0.2, -0.15) is 0 Å². The van der Waals surface area contributed by atoms with Crippen LogP contribution < -0.4 is 0 Å². The molecular weight excluding hydrogens is 370 g/mol. The van der Waals surface area contributed by atoms with E-state index in [1.807, 2.05) is 36.4 Å². The Morgan fingerprint density at radius 3 is 2.08 bits per heavy atom. The summed E-state index contributed by atoms with van der Waals surface area (Å²) in [6.45, 7) is 2.47. The third kappa shape index (κ3) is 5.60. The largest absolute Gasteiger partial charge is 0.284 e. The first-order valence-corrected chi connectivity index (χ1v) is 9.14. The predicted octanol–water partition coefficient (Wildman–Crippen LogP) is 5.50. The minimum Gasteiger partial charge on any atom is -0.284 e. The highest BCUT2D eigenvalue weighted by molar-refractivity contribution is 9.10. The fourth-order valence-corrected chi connectivity index (χ4v) is 3.06. The second-order valence-corrected chi connectivity index (χ2v) is 6.74. The molecule has 0 bridgehead atoms. The fraction of sp³-hybridized carbons (Fsp3) is 0.130. The van der Waals surface area contributed by atoms with E-state index in [4.69, 9.17) is 0 Å². The number of hydrogen-bond donors (Lipinski definition) is 0. The molecule has 1 nitrogen and oxygen atoms in total. The molecule has 3 aromatic rings. The molecule has 0 aliphatic carbocycles. The van der Waals surface area contributed by atoms with Gasteiger partial charge in [0.05, 0.1) is 6.54 Å². The van der Waals surface area contributed by atoms with Gasteiger partial charge in [-0.1, -0.05) is 94.5 Å². The Morgan fingerprint density at radius 1 is 0.720 bits per heavy atom. The normalized spacial score (nSPS) is 10.3. The molecular formula is C23H20BrN. The molecule has 3 aromatic carbocycles. The minimum absolute atomic E-state index is 0.727. The molecule has 0 atom stereocenters. The average Bonchev–Trinajstić information content (AvgIpc) is 2.65. The van der Waals surface area contributed by atoms with Crippen molar-refractivity contribution in [1.82, 2.24) is 4.90 Å². The molecule has 124 valence electrons. The van der Waals surface area contributed by atoms with Crippen molar-refractivity contribution in [3.8, 4) is 11.8 Å². The average molecular weight is 390 g/mol. The third-order valence-corrected chi connectivity index (χ3v) is 4.68. The van der Waals surface area contributed by atoms with Gasteiger partial charge < -0.3 is 0 Å². The fourth-order valence-electron chi connectivity index (χ4n) is 2.65. The monoisotopic (exact) mass is 389 g/mol. The van der Waals surface area contributed by atoms with E-state index in [2.05, 4.69) is 81.2 Å². The van der Waals surface area contributed by atoms with Crippen molar-refractivity contribution in [3.05, 3.63) is 106 Å². The summed E-state index contributed by atoms with van der Waals surface area (Å²) >= 11 is 3.65. The Kier molecular flexibility index (Phi) is 6.45. The summed E-state index contributed by atoms with van der Waals surface area (Å²) in [5.74, 6) is 6.58. The lowest BCUT2D eigenvalue weighted by atomic mass is 10.1. The SMILES string of the molecule is Brc1ccccc1CN(CC#Cc1ccccc1)Cc1ccccc1. The highest BCUT2D eigenvalue weighted by Gasteiger charge is 2.08. The van der Waals surface area contributed by atoms with Crippen molar-refractivity contribution < 1.29 is 0 Å². The Bertz CT molecular complexity index is 847. The second-order valence-electron chi connectivity index (χ2n) is 5.89. The molecule has 0 N–H and O–H groups in total. The molecule has 0 saturated carbocycles. The molecule has 0 aromatic heterocycles. The van der Waals surface area contributed by atoms with Crippen LogP contribution in [0.2, 0.25) is 0 Å². The van der Waals surface area contributed by atoms with E-state index in [0.29, 0.717) is 0 Å². The lowest BCUT2D eigenvalue weighted by Crippen LogP contribution is -2.23. The van der Waals surface area contributed by atoms with Crippen molar-refractivity contribution >= 4 is 15.9 Å². The van der Waals surface area contributed by atoms with Gasteiger partial charge in [0.25, 0.3) is 0 Å². The van der Waals surface area contributed by atoms with Crippen LogP contribution in [0.1, 0.15) is 16.7 Å². The zero-order valence-corrected chi connectivity index (χ0v) is 15.6. The smallest absolute Gasteiger partial charge is 0.0611 e. The maximum atomic E-state index is 3.65. The first kappa shape index (κ1) is 17.5. The van der Waals surface area contributed by atoms with Gasteiger partial charge in [0.2, 0.25) is 0 Å². The first-order chi connectivity index (χ1) is 12.3. The molecule has 0 aliphatic rings. The van der Waals surface area contributed by atoms with Gasteiger partial charge in [-0.05, 0) is 29.3 Å². The number of nitrogens with zero attached hydrogens (tertiary/aromatic N) is 1. The Hall–Kier alpha value is -2.34. The van der Waals surface area contributed by atoms with Crippen LogP contribution in [0.15, 0.2) is 89.4 Å². The molecule has 2 heteroatoms. The lowest BCUT2D eigenvalue weighted by molar-refractivity contribution is 0.290. The topological polar surface area (TPSA) is 3.24 Å². The third-order valence-electron chi connectivity index (χ3n) is 3.91. The van der Waals surface area contributed by atoms with Crippen LogP contribution in [0.3, 0.4) is 0 Å². The van der Waals surface area contributed by atoms with Gasteiger partial charge >= 0.3 is 0 Å². The molecule has 0 unspecified atom stereocenters. The van der Waals surface area contributed by atoms with Crippen LogP contribution in [0.25, 0.3) is 0 Å². The Morgan fingerprint density at radius 2 is 1.36 bits per heavy atom. The molecule has 0 spiro atoms. The number of rotatable bonds is 5. The zero-order valence-electron chi connectivity index (χ0n) is 14.0. The number of hydrogen-bond acceptors (Lipinski definition) is 1. The first-order valence-electron chi connectivity index (χ1n) is 8.35. The summed E-state index contributed by atoms with van der Waals surface area (Å²) in [7, 11) is 0. The maximum Gasteiger partial charge on any atom is 0.0611 e. The molecule has 0 fully saturated rings. The summed E-state index contributed by atoms with van der Waals surface area (Å²) in [5, 5.41) is 0. The second kappa shape index (κ2) is 9.22. The van der Waals surface area contributed by atoms with E-state index in [9.17, 15) is 0 Å². The van der Waals surface area contributed by atoms with Crippen LogP contribution in [-0.2, 0) is 13.1 Å². The van der Waals surface area contributed by atoms with Crippen LogP contribution in [-0.4, -0.2) is 11.4 Å². The molecule has 3 rings (SSSR count). The highest BCUT2D eigenvalue weighted by atomic mass is 79.9. The molecule has 0 radical (unpaired) electrons. The van der Waals surface area contributed by atoms with Crippen LogP contribution in [0.5, 0.6) is 0 Å². The zero-order chi connectivity index (χ0) is 17.3. The van der Waals surface area contributed by atoms with E-state index < -0.39 is 0 Å². The Labute approximate surface area is 158 Å². The standard InChI is InChI=1S/C23H20BrN/c24-23-16-8-7-15-22(23)19-25(18-21-12-5-2-6-13-21)17-9-14-20-10-3-1-4-11-20/h1-8,10-13,15-16H,17-19H2. The summed E-state index contributed by atoms with van der Waals surface area (Å²) in [6, 6.07) is 29.1. The molecule has 0 amide bonds. The Balaban J connectivity index is 1.74.